The van der Waals surface area contributed by atoms with E-state index in [1.54, 1.807) is 17.0 Å². The average Bonchev–Trinajstić information content (AvgIpc) is 3.15. The summed E-state index contributed by atoms with van der Waals surface area (Å²) in [6, 6.07) is 6.04. The summed E-state index contributed by atoms with van der Waals surface area (Å²) in [5.74, 6) is -1.39. The zero-order chi connectivity index (χ0) is 19.2. The lowest BCUT2D eigenvalue weighted by molar-refractivity contribution is -0.142. The molecule has 0 bridgehead atoms. The molecule has 0 radical (unpaired) electrons. The van der Waals surface area contributed by atoms with E-state index in [-0.39, 0.29) is 29.9 Å². The lowest BCUT2D eigenvalue weighted by atomic mass is 9.86. The van der Waals surface area contributed by atoms with E-state index in [9.17, 15) is 14.0 Å². The molecule has 1 heterocycles. The van der Waals surface area contributed by atoms with Gasteiger partial charge in [0.05, 0.1) is 12.0 Å². The molecule has 1 aromatic carbocycles. The van der Waals surface area contributed by atoms with Crippen molar-refractivity contribution in [2.24, 2.45) is 5.92 Å². The Kier molecular flexibility index (Phi) is 6.66. The predicted molar refractivity (Wildman–Crippen MR) is 97.7 cm³/mol. The number of amides is 2. The smallest absolute Gasteiger partial charge is 0.318 e. The van der Waals surface area contributed by atoms with Gasteiger partial charge in [0.15, 0.2) is 0 Å². The predicted octanol–water partition coefficient (Wildman–Crippen LogP) is 3.16. The standard InChI is InChI=1S/C20H27FN2O4/c21-16-4-1-3-14(11-16)12-23(13-18-5-2-10-27-18)20(26)22-17-8-6-15(7-9-17)19(24)25/h1,3-4,11,15,17-18H,2,5-10,12-13H2,(H,22,26)(H,24,25). The van der Waals surface area contributed by atoms with E-state index in [1.807, 2.05) is 0 Å². The van der Waals surface area contributed by atoms with Crippen molar-refractivity contribution in [3.05, 3.63) is 35.6 Å². The van der Waals surface area contributed by atoms with Crippen LogP contribution < -0.4 is 5.32 Å². The molecule has 2 amide bonds. The molecule has 0 aromatic heterocycles. The first kappa shape index (κ1) is 19.6. The van der Waals surface area contributed by atoms with Crippen LogP contribution in [0.15, 0.2) is 24.3 Å². The van der Waals surface area contributed by atoms with Crippen molar-refractivity contribution in [1.82, 2.24) is 10.2 Å². The van der Waals surface area contributed by atoms with E-state index in [2.05, 4.69) is 5.32 Å². The maximum Gasteiger partial charge on any atom is 0.318 e. The molecule has 2 N–H and O–H groups in total. The summed E-state index contributed by atoms with van der Waals surface area (Å²) in [5, 5.41) is 12.1. The Hall–Kier alpha value is -2.15. The van der Waals surface area contributed by atoms with Gasteiger partial charge in [0.1, 0.15) is 5.82 Å². The number of carboxylic acid groups (broad SMARTS) is 1. The van der Waals surface area contributed by atoms with E-state index >= 15 is 0 Å². The van der Waals surface area contributed by atoms with Crippen molar-refractivity contribution in [2.45, 2.75) is 57.2 Å². The van der Waals surface area contributed by atoms with Crippen LogP contribution in [-0.2, 0) is 16.1 Å². The lowest BCUT2D eigenvalue weighted by Crippen LogP contribution is -2.48. The Morgan fingerprint density at radius 2 is 2.00 bits per heavy atom. The molecule has 1 aliphatic carbocycles. The minimum absolute atomic E-state index is 0.00653. The van der Waals surface area contributed by atoms with Gasteiger partial charge in [-0.15, -0.1) is 0 Å². The van der Waals surface area contributed by atoms with Crippen molar-refractivity contribution in [3.63, 3.8) is 0 Å². The number of ether oxygens (including phenoxy) is 1. The average molecular weight is 378 g/mol. The summed E-state index contributed by atoms with van der Waals surface area (Å²) < 4.78 is 19.2. The number of nitrogens with zero attached hydrogens (tertiary/aromatic N) is 1. The van der Waals surface area contributed by atoms with Crippen molar-refractivity contribution >= 4 is 12.0 Å². The van der Waals surface area contributed by atoms with Crippen LogP contribution in [0.4, 0.5) is 9.18 Å². The van der Waals surface area contributed by atoms with Crippen LogP contribution in [0, 0.1) is 11.7 Å². The molecule has 148 valence electrons. The fourth-order valence-electron chi connectivity index (χ4n) is 3.86. The monoisotopic (exact) mass is 378 g/mol. The molecule has 6 nitrogen and oxygen atoms in total. The first-order valence-electron chi connectivity index (χ1n) is 9.65. The molecule has 1 aliphatic heterocycles. The molecule has 1 saturated heterocycles. The molecule has 1 unspecified atom stereocenters. The summed E-state index contributed by atoms with van der Waals surface area (Å²) in [5.41, 5.74) is 0.734. The van der Waals surface area contributed by atoms with Crippen LogP contribution in [0.2, 0.25) is 0 Å². The maximum absolute atomic E-state index is 13.5. The first-order valence-corrected chi connectivity index (χ1v) is 9.65. The van der Waals surface area contributed by atoms with Gasteiger partial charge in [-0.3, -0.25) is 4.79 Å². The van der Waals surface area contributed by atoms with E-state index in [0.717, 1.165) is 18.4 Å². The second kappa shape index (κ2) is 9.17. The van der Waals surface area contributed by atoms with Crippen LogP contribution in [0.25, 0.3) is 0 Å². The molecular formula is C20H27FN2O4. The molecule has 0 spiro atoms. The fourth-order valence-corrected chi connectivity index (χ4v) is 3.86. The Morgan fingerprint density at radius 1 is 1.22 bits per heavy atom. The van der Waals surface area contributed by atoms with Gasteiger partial charge in [-0.2, -0.15) is 0 Å². The number of urea groups is 1. The summed E-state index contributed by atoms with van der Waals surface area (Å²) in [6.07, 6.45) is 4.39. The minimum atomic E-state index is -0.758. The van der Waals surface area contributed by atoms with Gasteiger partial charge in [-0.1, -0.05) is 12.1 Å². The fraction of sp³-hybridized carbons (Fsp3) is 0.600. The van der Waals surface area contributed by atoms with Gasteiger partial charge in [0, 0.05) is 25.7 Å². The van der Waals surface area contributed by atoms with Crippen LogP contribution in [0.3, 0.4) is 0 Å². The molecule has 2 fully saturated rings. The number of benzene rings is 1. The molecule has 1 saturated carbocycles. The number of nitrogens with one attached hydrogen (secondary N) is 1. The quantitative estimate of drug-likeness (QED) is 0.797. The number of rotatable bonds is 6. The molecule has 2 aliphatic rings. The largest absolute Gasteiger partial charge is 0.481 e. The Bertz CT molecular complexity index is 655. The Balaban J connectivity index is 1.60. The van der Waals surface area contributed by atoms with Crippen molar-refractivity contribution in [2.75, 3.05) is 13.2 Å². The highest BCUT2D eigenvalue weighted by molar-refractivity contribution is 5.75. The number of carbonyl (C=O) groups is 2. The third kappa shape index (κ3) is 5.66. The van der Waals surface area contributed by atoms with Crippen molar-refractivity contribution < 1.29 is 23.8 Å². The molecule has 3 rings (SSSR count). The zero-order valence-electron chi connectivity index (χ0n) is 15.4. The van der Waals surface area contributed by atoms with Crippen molar-refractivity contribution in [1.29, 1.82) is 0 Å². The number of hydrogen-bond donors (Lipinski definition) is 2. The SMILES string of the molecule is O=C(O)C1CCC(NC(=O)N(Cc2cccc(F)c2)CC2CCCO2)CC1. The Labute approximate surface area is 158 Å². The van der Waals surface area contributed by atoms with E-state index in [1.165, 1.54) is 12.1 Å². The van der Waals surface area contributed by atoms with Crippen LogP contribution in [-0.4, -0.2) is 47.3 Å². The Morgan fingerprint density at radius 3 is 2.63 bits per heavy atom. The summed E-state index contributed by atoms with van der Waals surface area (Å²) >= 11 is 0. The lowest BCUT2D eigenvalue weighted by Gasteiger charge is -2.31. The number of carbonyl (C=O) groups excluding carboxylic acids is 1. The third-order valence-corrected chi connectivity index (χ3v) is 5.40. The van der Waals surface area contributed by atoms with Crippen LogP contribution in [0.5, 0.6) is 0 Å². The van der Waals surface area contributed by atoms with E-state index in [4.69, 9.17) is 9.84 Å². The summed E-state index contributed by atoms with van der Waals surface area (Å²) in [6.45, 7) is 1.49. The minimum Gasteiger partial charge on any atom is -0.481 e. The van der Waals surface area contributed by atoms with E-state index < -0.39 is 5.97 Å². The normalized spacial score (nSPS) is 25.1. The topological polar surface area (TPSA) is 78.9 Å². The van der Waals surface area contributed by atoms with Crippen molar-refractivity contribution in [3.8, 4) is 0 Å². The van der Waals surface area contributed by atoms with Gasteiger partial charge in [-0.25, -0.2) is 9.18 Å². The highest BCUT2D eigenvalue weighted by Gasteiger charge is 2.29. The molecule has 1 aromatic rings. The van der Waals surface area contributed by atoms with Gasteiger partial charge in [0.25, 0.3) is 0 Å². The van der Waals surface area contributed by atoms with Gasteiger partial charge in [0.2, 0.25) is 0 Å². The second-order valence-electron chi connectivity index (χ2n) is 7.48. The third-order valence-electron chi connectivity index (χ3n) is 5.40. The number of aliphatic carboxylic acids is 1. The van der Waals surface area contributed by atoms with Gasteiger partial charge in [-0.05, 0) is 56.2 Å². The highest BCUT2D eigenvalue weighted by atomic mass is 19.1. The number of carboxylic acids is 1. The summed E-state index contributed by atoms with van der Waals surface area (Å²) in [4.78, 5) is 25.6. The van der Waals surface area contributed by atoms with Gasteiger partial charge >= 0.3 is 12.0 Å². The van der Waals surface area contributed by atoms with E-state index in [0.29, 0.717) is 45.4 Å². The number of halogens is 1. The summed E-state index contributed by atoms with van der Waals surface area (Å²) in [7, 11) is 0. The molecular weight excluding hydrogens is 351 g/mol. The zero-order valence-corrected chi connectivity index (χ0v) is 15.4. The van der Waals surface area contributed by atoms with Gasteiger partial charge < -0.3 is 20.1 Å². The molecule has 7 heteroatoms. The highest BCUT2D eigenvalue weighted by Crippen LogP contribution is 2.25. The van der Waals surface area contributed by atoms with Crippen LogP contribution >= 0.6 is 0 Å². The molecule has 27 heavy (non-hydrogen) atoms. The maximum atomic E-state index is 13.5. The molecule has 1 atom stereocenters. The second-order valence-corrected chi connectivity index (χ2v) is 7.48. The first-order chi connectivity index (χ1) is 13.0. The van der Waals surface area contributed by atoms with Crippen LogP contribution in [0.1, 0.15) is 44.1 Å². The number of hydrogen-bond acceptors (Lipinski definition) is 3.